The maximum atomic E-state index is 12.5. The number of hydrogen-bond acceptors (Lipinski definition) is 1. The molecule has 0 radical (unpaired) electrons. The molecule has 0 bridgehead atoms. The zero-order chi connectivity index (χ0) is 13.3. The average molecular weight is 309 g/mol. The fourth-order valence-electron chi connectivity index (χ4n) is 2.85. The molecular formula is C16H21BrO. The van der Waals surface area contributed by atoms with E-state index in [4.69, 9.17) is 0 Å². The van der Waals surface area contributed by atoms with Crippen LogP contribution in [0.15, 0.2) is 16.6 Å². The highest BCUT2D eigenvalue weighted by atomic mass is 79.9. The Morgan fingerprint density at radius 2 is 1.61 bits per heavy atom. The Hall–Kier alpha value is -0.630. The summed E-state index contributed by atoms with van der Waals surface area (Å²) in [4.78, 5) is 12.5. The van der Waals surface area contributed by atoms with Crippen molar-refractivity contribution >= 4 is 21.7 Å². The average Bonchev–Trinajstić information content (AvgIpc) is 2.35. The molecule has 1 fully saturated rings. The van der Waals surface area contributed by atoms with Gasteiger partial charge in [-0.25, -0.2) is 0 Å². The van der Waals surface area contributed by atoms with Crippen molar-refractivity contribution in [3.05, 3.63) is 33.3 Å². The van der Waals surface area contributed by atoms with Gasteiger partial charge in [-0.2, -0.15) is 0 Å². The molecule has 0 unspecified atom stereocenters. The molecule has 1 aromatic carbocycles. The van der Waals surface area contributed by atoms with Crippen molar-refractivity contribution in [3.63, 3.8) is 0 Å². The molecular weight excluding hydrogens is 288 g/mol. The largest absolute Gasteiger partial charge is 0.294 e. The summed E-state index contributed by atoms with van der Waals surface area (Å²) in [5.41, 5.74) is 3.21. The molecule has 0 aliphatic heterocycles. The minimum atomic E-state index is 0.251. The van der Waals surface area contributed by atoms with E-state index in [9.17, 15) is 4.79 Å². The van der Waals surface area contributed by atoms with Gasteiger partial charge in [0.1, 0.15) is 0 Å². The monoisotopic (exact) mass is 308 g/mol. The van der Waals surface area contributed by atoms with Crippen LogP contribution in [0.1, 0.15) is 54.1 Å². The fraction of sp³-hybridized carbons (Fsp3) is 0.562. The van der Waals surface area contributed by atoms with E-state index in [1.165, 1.54) is 12.8 Å². The summed E-state index contributed by atoms with van der Waals surface area (Å²) in [6, 6.07) is 4.05. The van der Waals surface area contributed by atoms with Gasteiger partial charge in [-0.3, -0.25) is 4.79 Å². The van der Waals surface area contributed by atoms with E-state index < -0.39 is 0 Å². The zero-order valence-corrected chi connectivity index (χ0v) is 13.0. The van der Waals surface area contributed by atoms with Gasteiger partial charge in [0.25, 0.3) is 0 Å². The van der Waals surface area contributed by atoms with Gasteiger partial charge in [-0.15, -0.1) is 0 Å². The SMILES string of the molecule is Cc1cc(C(=O)C2CCC(C)CC2)cc(C)c1Br. The van der Waals surface area contributed by atoms with Gasteiger partial charge in [0.15, 0.2) is 5.78 Å². The molecule has 0 spiro atoms. The number of halogens is 1. The van der Waals surface area contributed by atoms with Gasteiger partial charge in [0, 0.05) is 16.0 Å². The molecule has 0 atom stereocenters. The lowest BCUT2D eigenvalue weighted by molar-refractivity contribution is 0.0875. The molecule has 1 nitrogen and oxygen atoms in total. The normalized spacial score (nSPS) is 24.0. The summed E-state index contributed by atoms with van der Waals surface area (Å²) in [6.45, 7) is 6.39. The fourth-order valence-corrected chi connectivity index (χ4v) is 3.08. The quantitative estimate of drug-likeness (QED) is 0.697. The Morgan fingerprint density at radius 3 is 2.11 bits per heavy atom. The number of rotatable bonds is 2. The van der Waals surface area contributed by atoms with Gasteiger partial charge in [0.2, 0.25) is 0 Å². The molecule has 0 amide bonds. The number of carbonyl (C=O) groups excluding carboxylic acids is 1. The second-order valence-corrected chi connectivity index (χ2v) is 6.54. The number of hydrogen-bond donors (Lipinski definition) is 0. The summed E-state index contributed by atoms with van der Waals surface area (Å²) < 4.78 is 1.12. The molecule has 0 N–H and O–H groups in total. The van der Waals surface area contributed by atoms with E-state index in [-0.39, 0.29) is 5.92 Å². The topological polar surface area (TPSA) is 17.1 Å². The summed E-state index contributed by atoms with van der Waals surface area (Å²) in [6.07, 6.45) is 4.53. The third kappa shape index (κ3) is 2.85. The lowest BCUT2D eigenvalue weighted by atomic mass is 9.79. The minimum absolute atomic E-state index is 0.251. The molecule has 0 saturated heterocycles. The van der Waals surface area contributed by atoms with E-state index in [1.54, 1.807) is 0 Å². The van der Waals surface area contributed by atoms with E-state index in [0.717, 1.165) is 39.9 Å². The zero-order valence-electron chi connectivity index (χ0n) is 11.4. The van der Waals surface area contributed by atoms with Crippen molar-refractivity contribution in [1.29, 1.82) is 0 Å². The van der Waals surface area contributed by atoms with Gasteiger partial charge in [-0.05, 0) is 55.9 Å². The van der Waals surface area contributed by atoms with Crippen LogP contribution < -0.4 is 0 Å². The smallest absolute Gasteiger partial charge is 0.165 e. The molecule has 0 heterocycles. The first kappa shape index (κ1) is 13.8. The first-order valence-corrected chi connectivity index (χ1v) is 7.59. The van der Waals surface area contributed by atoms with Crippen molar-refractivity contribution in [2.75, 3.05) is 0 Å². The Labute approximate surface area is 118 Å². The predicted octanol–water partition coefficient (Wildman–Crippen LogP) is 5.07. The highest BCUT2D eigenvalue weighted by molar-refractivity contribution is 9.10. The summed E-state index contributed by atoms with van der Waals surface area (Å²) in [5, 5.41) is 0. The van der Waals surface area contributed by atoms with Crippen molar-refractivity contribution in [3.8, 4) is 0 Å². The van der Waals surface area contributed by atoms with Crippen molar-refractivity contribution in [2.45, 2.75) is 46.5 Å². The summed E-state index contributed by atoms with van der Waals surface area (Å²) in [5.74, 6) is 1.39. The summed E-state index contributed by atoms with van der Waals surface area (Å²) in [7, 11) is 0. The van der Waals surface area contributed by atoms with E-state index in [2.05, 4.69) is 36.7 Å². The van der Waals surface area contributed by atoms with Crippen LogP contribution in [0.3, 0.4) is 0 Å². The molecule has 0 aromatic heterocycles. The van der Waals surface area contributed by atoms with Crippen LogP contribution in [0.4, 0.5) is 0 Å². The first-order valence-electron chi connectivity index (χ1n) is 6.80. The molecule has 18 heavy (non-hydrogen) atoms. The Morgan fingerprint density at radius 1 is 1.11 bits per heavy atom. The molecule has 2 heteroatoms. The van der Waals surface area contributed by atoms with E-state index in [1.807, 2.05) is 12.1 Å². The number of benzene rings is 1. The van der Waals surface area contributed by atoms with Crippen LogP contribution in [0.5, 0.6) is 0 Å². The van der Waals surface area contributed by atoms with E-state index >= 15 is 0 Å². The maximum absolute atomic E-state index is 12.5. The van der Waals surface area contributed by atoms with Gasteiger partial charge < -0.3 is 0 Å². The first-order chi connectivity index (χ1) is 8.49. The van der Waals surface area contributed by atoms with Crippen LogP contribution in [0.2, 0.25) is 0 Å². The molecule has 1 aliphatic carbocycles. The number of aryl methyl sites for hydroxylation is 2. The lowest BCUT2D eigenvalue weighted by Gasteiger charge is -2.25. The third-order valence-corrected chi connectivity index (χ3v) is 5.36. The maximum Gasteiger partial charge on any atom is 0.165 e. The standard InChI is InChI=1S/C16H21BrO/c1-10-4-6-13(7-5-10)16(18)14-8-11(2)15(17)12(3)9-14/h8-10,13H,4-7H2,1-3H3. The van der Waals surface area contributed by atoms with Crippen LogP contribution >= 0.6 is 15.9 Å². The molecule has 1 aromatic rings. The van der Waals surface area contributed by atoms with Crippen molar-refractivity contribution in [2.24, 2.45) is 11.8 Å². The second kappa shape index (κ2) is 5.56. The number of ketones is 1. The van der Waals surface area contributed by atoms with Gasteiger partial charge in [-0.1, -0.05) is 35.7 Å². The molecule has 1 aliphatic rings. The van der Waals surface area contributed by atoms with Crippen molar-refractivity contribution < 1.29 is 4.79 Å². The third-order valence-electron chi connectivity index (χ3n) is 4.11. The summed E-state index contributed by atoms with van der Waals surface area (Å²) >= 11 is 3.55. The van der Waals surface area contributed by atoms with Crippen LogP contribution in [-0.2, 0) is 0 Å². The molecule has 2 rings (SSSR count). The van der Waals surface area contributed by atoms with Crippen LogP contribution in [0, 0.1) is 25.7 Å². The highest BCUT2D eigenvalue weighted by Crippen LogP contribution is 2.32. The Kier molecular flexibility index (Phi) is 4.26. The Balaban J connectivity index is 2.19. The predicted molar refractivity (Wildman–Crippen MR) is 79.1 cm³/mol. The molecule has 1 saturated carbocycles. The molecule has 98 valence electrons. The Bertz CT molecular complexity index is 433. The van der Waals surface area contributed by atoms with Gasteiger partial charge in [0.05, 0.1) is 0 Å². The van der Waals surface area contributed by atoms with E-state index in [0.29, 0.717) is 5.78 Å². The van der Waals surface area contributed by atoms with Crippen LogP contribution in [-0.4, -0.2) is 5.78 Å². The highest BCUT2D eigenvalue weighted by Gasteiger charge is 2.25. The second-order valence-electron chi connectivity index (χ2n) is 5.75. The van der Waals surface area contributed by atoms with Crippen LogP contribution in [0.25, 0.3) is 0 Å². The number of Topliss-reactive ketones (excluding diaryl/α,β-unsaturated/α-hetero) is 1. The van der Waals surface area contributed by atoms with Crippen molar-refractivity contribution in [1.82, 2.24) is 0 Å². The number of carbonyl (C=O) groups is 1. The minimum Gasteiger partial charge on any atom is -0.294 e. The lowest BCUT2D eigenvalue weighted by Crippen LogP contribution is -2.21. The van der Waals surface area contributed by atoms with Gasteiger partial charge >= 0.3 is 0 Å².